The van der Waals surface area contributed by atoms with Gasteiger partial charge in [-0.15, -0.1) is 0 Å². The molecular weight excluding hydrogens is 437 g/mol. The van der Waals surface area contributed by atoms with Gasteiger partial charge in [0.05, 0.1) is 5.60 Å². The minimum absolute atomic E-state index is 0.0160. The molecule has 184 valence electrons. The van der Waals surface area contributed by atoms with Crippen LogP contribution >= 0.6 is 0 Å². The Kier molecular flexibility index (Phi) is 8.35. The summed E-state index contributed by atoms with van der Waals surface area (Å²) in [6, 6.07) is 27.1. The first-order valence-corrected chi connectivity index (χ1v) is 12.7. The first kappa shape index (κ1) is 25.1. The fourth-order valence-corrected chi connectivity index (χ4v) is 5.43. The van der Waals surface area contributed by atoms with Crippen LogP contribution in [-0.4, -0.2) is 24.7 Å². The monoisotopic (exact) mass is 473 g/mol. The summed E-state index contributed by atoms with van der Waals surface area (Å²) in [4.78, 5) is 13.1. The summed E-state index contributed by atoms with van der Waals surface area (Å²) < 4.78 is 19.5. The van der Waals surface area contributed by atoms with Crippen molar-refractivity contribution < 1.29 is 13.9 Å². The lowest BCUT2D eigenvalue weighted by atomic mass is 9.75. The largest absolute Gasteiger partial charge is 0.376 e. The average Bonchev–Trinajstić information content (AvgIpc) is 2.86. The smallest absolute Gasteiger partial charge is 0.220 e. The van der Waals surface area contributed by atoms with Gasteiger partial charge in [0.2, 0.25) is 5.91 Å². The van der Waals surface area contributed by atoms with Crippen molar-refractivity contribution in [3.05, 3.63) is 107 Å². The van der Waals surface area contributed by atoms with Gasteiger partial charge >= 0.3 is 0 Å². The zero-order valence-electron chi connectivity index (χ0n) is 20.8. The molecule has 1 saturated heterocycles. The van der Waals surface area contributed by atoms with Gasteiger partial charge < -0.3 is 10.1 Å². The highest BCUT2D eigenvalue weighted by Gasteiger charge is 2.34. The summed E-state index contributed by atoms with van der Waals surface area (Å²) in [5.74, 6) is 0.532. The molecule has 0 spiro atoms. The second kappa shape index (κ2) is 11.6. The van der Waals surface area contributed by atoms with Crippen LogP contribution in [0.15, 0.2) is 84.9 Å². The molecule has 3 aromatic rings. The standard InChI is InChI=1S/C31H36FNO2/c1-31(2)22-26(18-20-35-31)28(23-9-5-3-6-10-23)17-19-33-30(34)21-29(24-11-7-4-8-12-24)25-13-15-27(32)16-14-25/h3-16,26,28-29H,17-22H2,1-2H3,(H,33,34)/t26-,28-,29-/m1/s1. The highest BCUT2D eigenvalue weighted by atomic mass is 19.1. The SMILES string of the molecule is CC1(C)C[C@H]([C@H](CCNC(=O)C[C@H](c2ccccc2)c2ccc(F)cc2)c2ccccc2)CCO1. The first-order valence-electron chi connectivity index (χ1n) is 12.7. The number of ether oxygens (including phenoxy) is 1. The fourth-order valence-electron chi connectivity index (χ4n) is 5.43. The number of carbonyl (C=O) groups excluding carboxylic acids is 1. The van der Waals surface area contributed by atoms with Gasteiger partial charge in [-0.25, -0.2) is 4.39 Å². The van der Waals surface area contributed by atoms with Crippen LogP contribution in [0.25, 0.3) is 0 Å². The number of hydrogen-bond donors (Lipinski definition) is 1. The van der Waals surface area contributed by atoms with Crippen LogP contribution in [0.5, 0.6) is 0 Å². The quantitative estimate of drug-likeness (QED) is 0.369. The minimum atomic E-state index is -0.270. The molecule has 1 N–H and O–H groups in total. The molecule has 3 atom stereocenters. The summed E-state index contributed by atoms with van der Waals surface area (Å²) in [5.41, 5.74) is 3.22. The van der Waals surface area contributed by atoms with E-state index < -0.39 is 0 Å². The molecule has 35 heavy (non-hydrogen) atoms. The van der Waals surface area contributed by atoms with Crippen molar-refractivity contribution in [1.29, 1.82) is 0 Å². The molecule has 0 radical (unpaired) electrons. The van der Waals surface area contributed by atoms with E-state index in [9.17, 15) is 9.18 Å². The Morgan fingerprint density at radius 3 is 2.17 bits per heavy atom. The number of halogens is 1. The molecule has 0 saturated carbocycles. The van der Waals surface area contributed by atoms with Crippen molar-refractivity contribution in [1.82, 2.24) is 5.32 Å². The van der Waals surface area contributed by atoms with Crippen molar-refractivity contribution in [3.63, 3.8) is 0 Å². The van der Waals surface area contributed by atoms with Crippen molar-refractivity contribution in [2.24, 2.45) is 5.92 Å². The molecule has 0 aromatic heterocycles. The molecule has 3 nitrogen and oxygen atoms in total. The zero-order chi connectivity index (χ0) is 24.7. The topological polar surface area (TPSA) is 38.3 Å². The second-order valence-corrected chi connectivity index (χ2v) is 10.2. The molecule has 1 amide bonds. The first-order chi connectivity index (χ1) is 16.9. The zero-order valence-corrected chi connectivity index (χ0v) is 20.8. The molecule has 4 rings (SSSR count). The van der Waals surface area contributed by atoms with Crippen LogP contribution < -0.4 is 5.32 Å². The van der Waals surface area contributed by atoms with Crippen molar-refractivity contribution in [2.75, 3.05) is 13.2 Å². The maximum atomic E-state index is 13.5. The summed E-state index contributed by atoms with van der Waals surface area (Å²) in [6.45, 7) is 5.75. The Morgan fingerprint density at radius 2 is 1.54 bits per heavy atom. The van der Waals surface area contributed by atoms with Gasteiger partial charge in [-0.1, -0.05) is 72.8 Å². The van der Waals surface area contributed by atoms with Crippen molar-refractivity contribution in [3.8, 4) is 0 Å². The Bertz CT molecular complexity index is 1070. The Morgan fingerprint density at radius 1 is 0.943 bits per heavy atom. The third-order valence-corrected chi connectivity index (χ3v) is 7.17. The fraction of sp³-hybridized carbons (Fsp3) is 0.387. The molecule has 1 heterocycles. The summed E-state index contributed by atoms with van der Waals surface area (Å²) in [6.07, 6.45) is 3.28. The van der Waals surface area contributed by atoms with Crippen molar-refractivity contribution in [2.45, 2.75) is 57.0 Å². The molecule has 3 aromatic carbocycles. The van der Waals surface area contributed by atoms with Gasteiger partial charge in [0.25, 0.3) is 0 Å². The molecule has 1 aliphatic heterocycles. The van der Waals surface area contributed by atoms with Crippen LogP contribution in [-0.2, 0) is 9.53 Å². The number of rotatable bonds is 9. The van der Waals surface area contributed by atoms with E-state index in [2.05, 4.69) is 49.5 Å². The lowest BCUT2D eigenvalue weighted by molar-refractivity contribution is -0.121. The molecule has 0 aliphatic carbocycles. The number of nitrogens with one attached hydrogen (secondary N) is 1. The Hall–Kier alpha value is -2.98. The number of carbonyl (C=O) groups is 1. The molecule has 4 heteroatoms. The Labute approximate surface area is 208 Å². The van der Waals surface area contributed by atoms with E-state index in [1.54, 1.807) is 12.1 Å². The highest BCUT2D eigenvalue weighted by molar-refractivity contribution is 5.77. The second-order valence-electron chi connectivity index (χ2n) is 10.2. The van der Waals surface area contributed by atoms with E-state index in [1.165, 1.54) is 17.7 Å². The van der Waals surface area contributed by atoms with Gasteiger partial charge in [-0.2, -0.15) is 0 Å². The summed E-state index contributed by atoms with van der Waals surface area (Å²) in [5, 5.41) is 3.18. The lowest BCUT2D eigenvalue weighted by Gasteiger charge is -2.39. The lowest BCUT2D eigenvalue weighted by Crippen LogP contribution is -2.37. The molecule has 0 unspecified atom stereocenters. The van der Waals surface area contributed by atoms with E-state index in [-0.39, 0.29) is 23.2 Å². The van der Waals surface area contributed by atoms with E-state index in [1.807, 2.05) is 30.3 Å². The maximum absolute atomic E-state index is 13.5. The molecular formula is C31H36FNO2. The molecule has 1 aliphatic rings. The normalized spacial score (nSPS) is 19.0. The van der Waals surface area contributed by atoms with E-state index in [0.29, 0.717) is 24.8 Å². The van der Waals surface area contributed by atoms with Crippen LogP contribution in [0.1, 0.15) is 68.1 Å². The predicted octanol–water partition coefficient (Wildman–Crippen LogP) is 6.84. The van der Waals surface area contributed by atoms with E-state index >= 15 is 0 Å². The third-order valence-electron chi connectivity index (χ3n) is 7.17. The Balaban J connectivity index is 1.42. The maximum Gasteiger partial charge on any atom is 0.220 e. The number of benzene rings is 3. The third kappa shape index (κ3) is 7.02. The van der Waals surface area contributed by atoms with Crippen LogP contribution in [0, 0.1) is 11.7 Å². The molecule has 0 bridgehead atoms. The average molecular weight is 474 g/mol. The van der Waals surface area contributed by atoms with Crippen LogP contribution in [0.3, 0.4) is 0 Å². The predicted molar refractivity (Wildman–Crippen MR) is 139 cm³/mol. The highest BCUT2D eigenvalue weighted by Crippen LogP contribution is 2.39. The van der Waals surface area contributed by atoms with Gasteiger partial charge in [0.1, 0.15) is 5.82 Å². The molecule has 1 fully saturated rings. The van der Waals surface area contributed by atoms with Gasteiger partial charge in [-0.3, -0.25) is 4.79 Å². The van der Waals surface area contributed by atoms with E-state index in [0.717, 1.165) is 37.0 Å². The summed E-state index contributed by atoms with van der Waals surface area (Å²) >= 11 is 0. The van der Waals surface area contributed by atoms with Gasteiger partial charge in [-0.05, 0) is 73.8 Å². The van der Waals surface area contributed by atoms with Gasteiger partial charge in [0, 0.05) is 25.5 Å². The number of amides is 1. The van der Waals surface area contributed by atoms with Crippen molar-refractivity contribution >= 4 is 5.91 Å². The van der Waals surface area contributed by atoms with Crippen LogP contribution in [0.2, 0.25) is 0 Å². The van der Waals surface area contributed by atoms with E-state index in [4.69, 9.17) is 4.74 Å². The van der Waals surface area contributed by atoms with Gasteiger partial charge in [0.15, 0.2) is 0 Å². The van der Waals surface area contributed by atoms with Crippen LogP contribution in [0.4, 0.5) is 4.39 Å². The summed E-state index contributed by atoms with van der Waals surface area (Å²) in [7, 11) is 0. The number of hydrogen-bond acceptors (Lipinski definition) is 2. The minimum Gasteiger partial charge on any atom is -0.376 e.